The van der Waals surface area contributed by atoms with Gasteiger partial charge in [0.1, 0.15) is 0 Å². The Kier molecular flexibility index (Phi) is 7.01. The van der Waals surface area contributed by atoms with Crippen LogP contribution in [-0.2, 0) is 10.0 Å². The Morgan fingerprint density at radius 1 is 1.31 bits per heavy atom. The standard InChI is InChI=1S/C9H19F2NO3S/c1-8(2)3-6-16(14,15)12(4-5-13)7-9(10)11/h8-9,13H,3-7H2,1-2H3. The molecule has 0 rings (SSSR count). The highest BCUT2D eigenvalue weighted by Gasteiger charge is 2.24. The fourth-order valence-corrected chi connectivity index (χ4v) is 2.85. The van der Waals surface area contributed by atoms with E-state index in [1.807, 2.05) is 13.8 Å². The lowest BCUT2D eigenvalue weighted by molar-refractivity contribution is 0.113. The largest absolute Gasteiger partial charge is 0.395 e. The molecule has 1 N–H and O–H groups in total. The van der Waals surface area contributed by atoms with Crippen LogP contribution in [0.15, 0.2) is 0 Å². The number of sulfonamides is 1. The van der Waals surface area contributed by atoms with Gasteiger partial charge in [-0.05, 0) is 12.3 Å². The van der Waals surface area contributed by atoms with Crippen LogP contribution in [0.1, 0.15) is 20.3 Å². The zero-order valence-corrected chi connectivity index (χ0v) is 10.4. The molecule has 0 atom stereocenters. The fraction of sp³-hybridized carbons (Fsp3) is 1.00. The maximum Gasteiger partial charge on any atom is 0.252 e. The minimum absolute atomic E-state index is 0.155. The van der Waals surface area contributed by atoms with Gasteiger partial charge in [-0.1, -0.05) is 13.8 Å². The van der Waals surface area contributed by atoms with Crippen molar-refractivity contribution < 1.29 is 22.3 Å². The molecule has 0 saturated heterocycles. The zero-order chi connectivity index (χ0) is 12.8. The maximum absolute atomic E-state index is 12.1. The molecule has 0 unspecified atom stereocenters. The van der Waals surface area contributed by atoms with E-state index >= 15 is 0 Å². The van der Waals surface area contributed by atoms with E-state index in [1.165, 1.54) is 0 Å². The lowest BCUT2D eigenvalue weighted by Gasteiger charge is -2.21. The zero-order valence-electron chi connectivity index (χ0n) is 9.57. The number of aliphatic hydroxyl groups excluding tert-OH is 1. The molecule has 0 aromatic carbocycles. The second-order valence-corrected chi connectivity index (χ2v) is 6.06. The van der Waals surface area contributed by atoms with Gasteiger partial charge in [-0.25, -0.2) is 17.2 Å². The SMILES string of the molecule is CC(C)CCS(=O)(=O)N(CCO)CC(F)F. The van der Waals surface area contributed by atoms with Crippen molar-refractivity contribution in [3.63, 3.8) is 0 Å². The molecule has 0 aliphatic rings. The van der Waals surface area contributed by atoms with Gasteiger partial charge in [-0.3, -0.25) is 0 Å². The summed E-state index contributed by atoms with van der Waals surface area (Å²) in [5, 5.41) is 8.64. The molecule has 0 fully saturated rings. The van der Waals surface area contributed by atoms with Crippen LogP contribution in [-0.4, -0.2) is 49.7 Å². The molecule has 0 bridgehead atoms. The maximum atomic E-state index is 12.1. The van der Waals surface area contributed by atoms with Crippen molar-refractivity contribution >= 4 is 10.0 Å². The summed E-state index contributed by atoms with van der Waals surface area (Å²) in [6.45, 7) is 2.15. The van der Waals surface area contributed by atoms with Gasteiger partial charge in [0.2, 0.25) is 10.0 Å². The second kappa shape index (κ2) is 7.13. The van der Waals surface area contributed by atoms with Gasteiger partial charge in [0, 0.05) is 6.54 Å². The summed E-state index contributed by atoms with van der Waals surface area (Å²) in [5.41, 5.74) is 0. The molecule has 0 radical (unpaired) electrons. The van der Waals surface area contributed by atoms with Crippen LogP contribution in [0.2, 0.25) is 0 Å². The van der Waals surface area contributed by atoms with Gasteiger partial charge in [-0.2, -0.15) is 4.31 Å². The van der Waals surface area contributed by atoms with Crippen molar-refractivity contribution in [1.82, 2.24) is 4.31 Å². The first-order chi connectivity index (χ1) is 7.29. The van der Waals surface area contributed by atoms with Crippen molar-refractivity contribution in [3.05, 3.63) is 0 Å². The summed E-state index contributed by atoms with van der Waals surface area (Å²) in [6.07, 6.45) is -2.30. The van der Waals surface area contributed by atoms with Crippen LogP contribution in [0.3, 0.4) is 0 Å². The first-order valence-corrected chi connectivity index (χ1v) is 6.77. The molecule has 98 valence electrons. The molecule has 0 amide bonds. The van der Waals surface area contributed by atoms with Gasteiger partial charge in [0.15, 0.2) is 0 Å². The van der Waals surface area contributed by atoms with E-state index in [4.69, 9.17) is 5.11 Å². The molecule has 0 aliphatic carbocycles. The smallest absolute Gasteiger partial charge is 0.252 e. The molecule has 4 nitrogen and oxygen atoms in total. The van der Waals surface area contributed by atoms with Crippen LogP contribution in [0.4, 0.5) is 8.78 Å². The third kappa shape index (κ3) is 6.34. The summed E-state index contributed by atoms with van der Waals surface area (Å²) in [5.74, 6) is 0.0366. The number of halogens is 2. The second-order valence-electron chi connectivity index (χ2n) is 3.97. The normalized spacial score (nSPS) is 13.0. The molecule has 0 aliphatic heterocycles. The first-order valence-electron chi connectivity index (χ1n) is 5.16. The highest BCUT2D eigenvalue weighted by molar-refractivity contribution is 7.89. The lowest BCUT2D eigenvalue weighted by atomic mass is 10.2. The number of aliphatic hydroxyl groups is 1. The molecule has 0 heterocycles. The Balaban J connectivity index is 4.49. The Morgan fingerprint density at radius 2 is 1.88 bits per heavy atom. The van der Waals surface area contributed by atoms with Gasteiger partial charge in [-0.15, -0.1) is 0 Å². The molecule has 0 aromatic rings. The van der Waals surface area contributed by atoms with Crippen molar-refractivity contribution in [1.29, 1.82) is 0 Å². The van der Waals surface area contributed by atoms with E-state index in [0.29, 0.717) is 10.7 Å². The van der Waals surface area contributed by atoms with Crippen molar-refractivity contribution in [2.24, 2.45) is 5.92 Å². The Labute approximate surface area is 95.3 Å². The highest BCUT2D eigenvalue weighted by Crippen LogP contribution is 2.10. The van der Waals surface area contributed by atoms with Gasteiger partial charge in [0.25, 0.3) is 6.43 Å². The fourth-order valence-electron chi connectivity index (χ4n) is 1.12. The number of alkyl halides is 2. The number of rotatable bonds is 8. The van der Waals surface area contributed by atoms with Crippen molar-refractivity contribution in [2.45, 2.75) is 26.7 Å². The average molecular weight is 259 g/mol. The molecule has 0 aromatic heterocycles. The van der Waals surface area contributed by atoms with Crippen LogP contribution in [0.5, 0.6) is 0 Å². The van der Waals surface area contributed by atoms with Crippen LogP contribution >= 0.6 is 0 Å². The summed E-state index contributed by atoms with van der Waals surface area (Å²) >= 11 is 0. The predicted molar refractivity (Wildman–Crippen MR) is 57.9 cm³/mol. The third-order valence-corrected chi connectivity index (χ3v) is 3.91. The van der Waals surface area contributed by atoms with Crippen LogP contribution in [0.25, 0.3) is 0 Å². The summed E-state index contributed by atoms with van der Waals surface area (Å²) in [6, 6.07) is 0. The topological polar surface area (TPSA) is 57.6 Å². The van der Waals surface area contributed by atoms with E-state index in [0.717, 1.165) is 0 Å². The van der Waals surface area contributed by atoms with Gasteiger partial charge < -0.3 is 5.11 Å². The van der Waals surface area contributed by atoms with E-state index in [9.17, 15) is 17.2 Å². The number of hydrogen-bond donors (Lipinski definition) is 1. The van der Waals surface area contributed by atoms with Crippen molar-refractivity contribution in [2.75, 3.05) is 25.4 Å². The van der Waals surface area contributed by atoms with Crippen molar-refractivity contribution in [3.8, 4) is 0 Å². The first kappa shape index (κ1) is 15.7. The minimum Gasteiger partial charge on any atom is -0.395 e. The minimum atomic E-state index is -3.68. The molecule has 0 saturated carbocycles. The Hall–Kier alpha value is -0.270. The number of nitrogens with zero attached hydrogens (tertiary/aromatic N) is 1. The van der Waals surface area contributed by atoms with E-state index < -0.39 is 29.6 Å². The summed E-state index contributed by atoms with van der Waals surface area (Å²) in [4.78, 5) is 0. The molecule has 7 heteroatoms. The van der Waals surface area contributed by atoms with E-state index in [-0.39, 0.29) is 18.2 Å². The van der Waals surface area contributed by atoms with Crippen LogP contribution in [0, 0.1) is 5.92 Å². The molecule has 0 spiro atoms. The third-order valence-electron chi connectivity index (χ3n) is 2.04. The quantitative estimate of drug-likeness (QED) is 0.705. The summed E-state index contributed by atoms with van der Waals surface area (Å²) in [7, 11) is -3.68. The highest BCUT2D eigenvalue weighted by atomic mass is 32.2. The Morgan fingerprint density at radius 3 is 2.25 bits per heavy atom. The summed E-state index contributed by atoms with van der Waals surface area (Å²) < 4.78 is 48.2. The van der Waals surface area contributed by atoms with E-state index in [2.05, 4.69) is 0 Å². The molecular formula is C9H19F2NO3S. The predicted octanol–water partition coefficient (Wildman–Crippen LogP) is 0.922. The van der Waals surface area contributed by atoms with E-state index in [1.54, 1.807) is 0 Å². The van der Waals surface area contributed by atoms with Gasteiger partial charge >= 0.3 is 0 Å². The monoisotopic (exact) mass is 259 g/mol. The lowest BCUT2D eigenvalue weighted by Crippen LogP contribution is -2.38. The number of hydrogen-bond acceptors (Lipinski definition) is 3. The van der Waals surface area contributed by atoms with Gasteiger partial charge in [0.05, 0.1) is 18.9 Å². The average Bonchev–Trinajstić information content (AvgIpc) is 2.14. The Bertz CT molecular complexity index is 280. The molecule has 16 heavy (non-hydrogen) atoms. The molecular weight excluding hydrogens is 240 g/mol. The van der Waals surface area contributed by atoms with Crippen LogP contribution < -0.4 is 0 Å².